The summed E-state index contributed by atoms with van der Waals surface area (Å²) in [6.45, 7) is 6.61. The van der Waals surface area contributed by atoms with Gasteiger partial charge in [0.1, 0.15) is 28.8 Å². The number of fused-ring (bicyclic) bond motifs is 2. The highest BCUT2D eigenvalue weighted by atomic mass is 32.2. The molecule has 0 aliphatic carbocycles. The zero-order valence-corrected chi connectivity index (χ0v) is 31.0. The van der Waals surface area contributed by atoms with Gasteiger partial charge < -0.3 is 24.3 Å². The van der Waals surface area contributed by atoms with E-state index in [9.17, 15) is 24.0 Å². The van der Waals surface area contributed by atoms with Gasteiger partial charge >= 0.3 is 0 Å². The van der Waals surface area contributed by atoms with Gasteiger partial charge in [-0.2, -0.15) is 11.8 Å². The molecule has 8 rings (SSSR count). The molecule has 4 saturated heterocycles. The molecule has 6 heterocycles. The standard InChI is InChI=1S/C39H45FN6O7S/c40-30-18-26(19-31-35(30)37(49)42-33(41-31)22-54-27-9-15-52-16-10-27)53-21-24-5-11-44(12-6-24)20-23-7-13-45(14-8-23)25-1-2-28-29(17-25)39(51)46(38(28)50)32-3-4-34(47)43-36(32)48/h1-2,17-19,23-24,27,32H,3-16,20-22H2,(H,41,42,49)(H,43,47,48)/t32-/m0/s1. The smallest absolute Gasteiger partial charge is 0.262 e. The summed E-state index contributed by atoms with van der Waals surface area (Å²) >= 11 is 1.74. The number of benzene rings is 2. The molecular weight excluding hydrogens is 716 g/mol. The number of anilines is 1. The van der Waals surface area contributed by atoms with Gasteiger partial charge in [0.2, 0.25) is 11.8 Å². The average Bonchev–Trinajstić information content (AvgIpc) is 3.42. The van der Waals surface area contributed by atoms with E-state index in [1.165, 1.54) is 6.07 Å². The Morgan fingerprint density at radius 1 is 0.870 bits per heavy atom. The molecule has 3 aromatic rings. The molecule has 2 N–H and O–H groups in total. The van der Waals surface area contributed by atoms with Crippen molar-refractivity contribution in [1.82, 2.24) is 25.1 Å². The summed E-state index contributed by atoms with van der Waals surface area (Å²) in [6.07, 6.45) is 6.15. The number of aromatic nitrogens is 2. The number of aromatic amines is 1. The van der Waals surface area contributed by atoms with Crippen molar-refractivity contribution >= 4 is 52.0 Å². The number of likely N-dealkylation sites (tertiary alicyclic amines) is 1. The Balaban J connectivity index is 0.793. The molecule has 54 heavy (non-hydrogen) atoms. The summed E-state index contributed by atoms with van der Waals surface area (Å²) in [6, 6.07) is 7.30. The molecule has 13 nitrogen and oxygen atoms in total. The summed E-state index contributed by atoms with van der Waals surface area (Å²) < 4.78 is 26.6. The van der Waals surface area contributed by atoms with Crippen molar-refractivity contribution in [1.29, 1.82) is 0 Å². The predicted octanol–water partition coefficient (Wildman–Crippen LogP) is 3.88. The lowest BCUT2D eigenvalue weighted by atomic mass is 9.92. The van der Waals surface area contributed by atoms with Crippen molar-refractivity contribution in [2.24, 2.45) is 11.8 Å². The number of imide groups is 2. The topological polar surface area (TPSA) is 154 Å². The highest BCUT2D eigenvalue weighted by Gasteiger charge is 2.45. The summed E-state index contributed by atoms with van der Waals surface area (Å²) in [5.74, 6) is -0.241. The maximum atomic E-state index is 15.0. The first kappa shape index (κ1) is 36.6. The third-order valence-corrected chi connectivity index (χ3v) is 12.9. The Morgan fingerprint density at radius 2 is 1.61 bits per heavy atom. The second-order valence-electron chi connectivity index (χ2n) is 15.1. The summed E-state index contributed by atoms with van der Waals surface area (Å²) in [5.41, 5.74) is 1.33. The van der Waals surface area contributed by atoms with Gasteiger partial charge in [0.05, 0.1) is 29.0 Å². The van der Waals surface area contributed by atoms with Crippen LogP contribution < -0.4 is 20.5 Å². The van der Waals surface area contributed by atoms with E-state index in [0.29, 0.717) is 57.7 Å². The van der Waals surface area contributed by atoms with Crippen LogP contribution in [0.5, 0.6) is 5.75 Å². The van der Waals surface area contributed by atoms with Crippen LogP contribution in [0, 0.1) is 17.7 Å². The van der Waals surface area contributed by atoms with Crippen LogP contribution in [-0.4, -0.2) is 107 Å². The van der Waals surface area contributed by atoms with Crippen LogP contribution in [0.3, 0.4) is 0 Å². The molecule has 0 radical (unpaired) electrons. The Hall–Kier alpha value is -4.34. The van der Waals surface area contributed by atoms with Crippen LogP contribution in [0.1, 0.15) is 77.9 Å². The van der Waals surface area contributed by atoms with Crippen LogP contribution in [0.4, 0.5) is 10.1 Å². The van der Waals surface area contributed by atoms with Gasteiger partial charge in [-0.3, -0.25) is 34.2 Å². The fourth-order valence-corrected chi connectivity index (χ4v) is 9.44. The lowest BCUT2D eigenvalue weighted by Gasteiger charge is -2.38. The van der Waals surface area contributed by atoms with E-state index in [4.69, 9.17) is 9.47 Å². The molecule has 286 valence electrons. The number of hydrogen-bond acceptors (Lipinski definition) is 11. The van der Waals surface area contributed by atoms with Crippen LogP contribution in [0.25, 0.3) is 10.9 Å². The molecule has 5 aliphatic heterocycles. The third-order valence-electron chi connectivity index (χ3n) is 11.5. The fourth-order valence-electron chi connectivity index (χ4n) is 8.38. The van der Waals surface area contributed by atoms with Gasteiger partial charge in [0, 0.05) is 62.3 Å². The number of halogens is 1. The zero-order chi connectivity index (χ0) is 37.3. The number of carbonyl (C=O) groups excluding carboxylic acids is 4. The van der Waals surface area contributed by atoms with Crippen molar-refractivity contribution in [2.75, 3.05) is 57.4 Å². The number of piperidine rings is 3. The zero-order valence-electron chi connectivity index (χ0n) is 30.1. The van der Waals surface area contributed by atoms with Crippen molar-refractivity contribution < 1.29 is 33.0 Å². The predicted molar refractivity (Wildman–Crippen MR) is 200 cm³/mol. The molecule has 0 bridgehead atoms. The lowest BCUT2D eigenvalue weighted by molar-refractivity contribution is -0.136. The third kappa shape index (κ3) is 7.76. The second kappa shape index (κ2) is 15.8. The van der Waals surface area contributed by atoms with E-state index in [1.807, 2.05) is 6.07 Å². The van der Waals surface area contributed by atoms with E-state index < -0.39 is 41.0 Å². The number of H-pyrrole nitrogens is 1. The maximum absolute atomic E-state index is 15.0. The molecule has 15 heteroatoms. The SMILES string of the molecule is O=C1CC[C@H](N2C(=O)c3ccc(N4CCC(CN5CCC(COc6cc(F)c7c(=O)[nH]c(CSC8CCOCC8)nc7c6)CC5)CC4)cc3C2=O)C(=O)N1. The van der Waals surface area contributed by atoms with E-state index >= 15 is 4.39 Å². The first-order chi connectivity index (χ1) is 26.2. The number of nitrogens with zero attached hydrogens (tertiary/aromatic N) is 4. The van der Waals surface area contributed by atoms with Crippen molar-refractivity contribution in [3.05, 3.63) is 63.5 Å². The minimum absolute atomic E-state index is 0.0430. The monoisotopic (exact) mass is 760 g/mol. The van der Waals surface area contributed by atoms with Crippen LogP contribution >= 0.6 is 11.8 Å². The van der Waals surface area contributed by atoms with E-state index in [-0.39, 0.29) is 18.2 Å². The normalized spacial score (nSPS) is 22.3. The number of nitrogens with one attached hydrogen (secondary N) is 2. The average molecular weight is 761 g/mol. The summed E-state index contributed by atoms with van der Waals surface area (Å²) in [7, 11) is 0. The first-order valence-electron chi connectivity index (χ1n) is 19.1. The van der Waals surface area contributed by atoms with Gasteiger partial charge in [-0.25, -0.2) is 9.37 Å². The van der Waals surface area contributed by atoms with Gasteiger partial charge in [-0.15, -0.1) is 0 Å². The number of carbonyl (C=O) groups is 4. The number of thioether (sulfide) groups is 1. The number of hydrogen-bond donors (Lipinski definition) is 2. The fraction of sp³-hybridized carbons (Fsp3) is 0.538. The molecular formula is C39H45FN6O7S. The highest BCUT2D eigenvalue weighted by Crippen LogP contribution is 2.33. The van der Waals surface area contributed by atoms with Crippen LogP contribution in [0.2, 0.25) is 0 Å². The number of ether oxygens (including phenoxy) is 2. The Kier molecular flexibility index (Phi) is 10.7. The molecule has 0 spiro atoms. The second-order valence-corrected chi connectivity index (χ2v) is 16.4. The van der Waals surface area contributed by atoms with Crippen molar-refractivity contribution in [3.8, 4) is 5.75 Å². The molecule has 5 aliphatic rings. The van der Waals surface area contributed by atoms with Gasteiger partial charge in [-0.05, 0) is 88.1 Å². The first-order valence-corrected chi connectivity index (χ1v) is 20.1. The van der Waals surface area contributed by atoms with Gasteiger partial charge in [0.15, 0.2) is 0 Å². The molecule has 1 atom stereocenters. The van der Waals surface area contributed by atoms with Crippen molar-refractivity contribution in [3.63, 3.8) is 0 Å². The molecule has 2 aromatic carbocycles. The van der Waals surface area contributed by atoms with Crippen LogP contribution in [0.15, 0.2) is 35.1 Å². The van der Waals surface area contributed by atoms with Crippen LogP contribution in [-0.2, 0) is 20.1 Å². The maximum Gasteiger partial charge on any atom is 0.262 e. The Morgan fingerprint density at radius 3 is 2.37 bits per heavy atom. The Labute approximate surface area is 316 Å². The van der Waals surface area contributed by atoms with Crippen molar-refractivity contribution in [2.45, 2.75) is 68.4 Å². The minimum atomic E-state index is -0.975. The molecule has 0 saturated carbocycles. The Bertz CT molecular complexity index is 2000. The minimum Gasteiger partial charge on any atom is -0.493 e. The summed E-state index contributed by atoms with van der Waals surface area (Å²) in [4.78, 5) is 76.2. The number of amides is 4. The molecule has 0 unspecified atom stereocenters. The highest BCUT2D eigenvalue weighted by molar-refractivity contribution is 7.99. The molecule has 1 aromatic heterocycles. The van der Waals surface area contributed by atoms with Gasteiger partial charge in [0.25, 0.3) is 17.4 Å². The van der Waals surface area contributed by atoms with Gasteiger partial charge in [-0.1, -0.05) is 0 Å². The lowest BCUT2D eigenvalue weighted by Crippen LogP contribution is -2.54. The molecule has 4 fully saturated rings. The number of rotatable bonds is 10. The van der Waals surface area contributed by atoms with E-state index in [0.717, 1.165) is 95.0 Å². The van der Waals surface area contributed by atoms with E-state index in [1.54, 1.807) is 30.0 Å². The molecule has 4 amide bonds. The quantitative estimate of drug-likeness (QED) is 0.290. The van der Waals surface area contributed by atoms with E-state index in [2.05, 4.69) is 25.1 Å². The summed E-state index contributed by atoms with van der Waals surface area (Å²) in [5, 5.41) is 2.65. The largest absolute Gasteiger partial charge is 0.493 e.